The number of piperazine rings is 1. The minimum atomic E-state index is 0.265. The monoisotopic (exact) mass is 340 g/mol. The molecule has 2 aromatic rings. The zero-order valence-electron chi connectivity index (χ0n) is 14.3. The Hall–Kier alpha value is -2.41. The Morgan fingerprint density at radius 2 is 1.88 bits per heavy atom. The molecule has 0 amide bonds. The van der Waals surface area contributed by atoms with Gasteiger partial charge in [0.1, 0.15) is 0 Å². The Morgan fingerprint density at radius 1 is 1.08 bits per heavy atom. The van der Waals surface area contributed by atoms with Crippen LogP contribution in [0.3, 0.4) is 0 Å². The lowest BCUT2D eigenvalue weighted by molar-refractivity contribution is 0.120. The van der Waals surface area contributed by atoms with Crippen LogP contribution in [-0.2, 0) is 4.74 Å². The van der Waals surface area contributed by atoms with Crippen molar-refractivity contribution >= 4 is 17.5 Å². The van der Waals surface area contributed by atoms with Crippen molar-refractivity contribution in [2.75, 3.05) is 54.4 Å². The van der Waals surface area contributed by atoms with Gasteiger partial charge in [-0.05, 0) is 25.0 Å². The third kappa shape index (κ3) is 3.99. The first-order valence-corrected chi connectivity index (χ1v) is 8.98. The molecule has 0 bridgehead atoms. The average molecular weight is 340 g/mol. The predicted molar refractivity (Wildman–Crippen MR) is 98.2 cm³/mol. The molecule has 7 heteroatoms. The fourth-order valence-electron chi connectivity index (χ4n) is 3.37. The Balaban J connectivity index is 1.34. The van der Waals surface area contributed by atoms with Gasteiger partial charge >= 0.3 is 0 Å². The summed E-state index contributed by atoms with van der Waals surface area (Å²) in [6, 6.07) is 10.5. The molecule has 3 heterocycles. The van der Waals surface area contributed by atoms with Crippen molar-refractivity contribution in [1.29, 1.82) is 0 Å². The van der Waals surface area contributed by atoms with Crippen LogP contribution in [0.15, 0.2) is 36.5 Å². The largest absolute Gasteiger partial charge is 0.376 e. The second kappa shape index (κ2) is 7.65. The summed E-state index contributed by atoms with van der Waals surface area (Å²) in [5, 5.41) is 11.5. The third-order valence-electron chi connectivity index (χ3n) is 4.78. The zero-order chi connectivity index (χ0) is 16.9. The van der Waals surface area contributed by atoms with Crippen LogP contribution < -0.4 is 15.1 Å². The smallest absolute Gasteiger partial charge is 0.244 e. The lowest BCUT2D eigenvalue weighted by Crippen LogP contribution is -2.47. The van der Waals surface area contributed by atoms with Crippen LogP contribution in [0.5, 0.6) is 0 Å². The maximum atomic E-state index is 5.62. The standard InChI is InChI=1S/C18H24N6O/c1-2-5-15(6-3-1)23-8-10-24(11-9-23)17-14-20-22-18(21-17)19-13-16-7-4-12-25-16/h1-3,5-6,14,16H,4,7-13H2,(H,19,21,22). The molecule has 1 atom stereocenters. The molecule has 1 N–H and O–H groups in total. The van der Waals surface area contributed by atoms with Gasteiger partial charge in [-0.1, -0.05) is 18.2 Å². The lowest BCUT2D eigenvalue weighted by Gasteiger charge is -2.36. The molecule has 132 valence electrons. The Labute approximate surface area is 148 Å². The van der Waals surface area contributed by atoms with Crippen molar-refractivity contribution in [3.8, 4) is 0 Å². The molecule has 1 aromatic carbocycles. The summed E-state index contributed by atoms with van der Waals surface area (Å²) in [4.78, 5) is 9.30. The summed E-state index contributed by atoms with van der Waals surface area (Å²) in [5.74, 6) is 1.47. The predicted octanol–water partition coefficient (Wildman–Crippen LogP) is 1.79. The van der Waals surface area contributed by atoms with Crippen LogP contribution >= 0.6 is 0 Å². The quantitative estimate of drug-likeness (QED) is 0.890. The summed E-state index contributed by atoms with van der Waals surface area (Å²) in [5.41, 5.74) is 1.28. The van der Waals surface area contributed by atoms with E-state index in [4.69, 9.17) is 4.74 Å². The van der Waals surface area contributed by atoms with Gasteiger partial charge in [0, 0.05) is 45.0 Å². The normalized spacial score (nSPS) is 20.7. The molecular weight excluding hydrogens is 316 g/mol. The molecule has 0 aliphatic carbocycles. The SMILES string of the molecule is c1ccc(N2CCN(c3cnnc(NCC4CCCO4)n3)CC2)cc1. The molecule has 1 unspecified atom stereocenters. The van der Waals surface area contributed by atoms with Gasteiger partial charge in [0.2, 0.25) is 5.95 Å². The molecule has 2 fully saturated rings. The van der Waals surface area contributed by atoms with Crippen LogP contribution in [-0.4, -0.2) is 60.6 Å². The topological polar surface area (TPSA) is 66.4 Å². The Kier molecular flexibility index (Phi) is 4.92. The van der Waals surface area contributed by atoms with Gasteiger partial charge < -0.3 is 19.9 Å². The third-order valence-corrected chi connectivity index (χ3v) is 4.78. The summed E-state index contributed by atoms with van der Waals surface area (Å²) in [6.07, 6.45) is 4.25. The molecule has 7 nitrogen and oxygen atoms in total. The minimum absolute atomic E-state index is 0.265. The van der Waals surface area contributed by atoms with Gasteiger partial charge in [0.05, 0.1) is 12.3 Å². The number of benzene rings is 1. The number of ether oxygens (including phenoxy) is 1. The molecule has 25 heavy (non-hydrogen) atoms. The highest BCUT2D eigenvalue weighted by Crippen LogP contribution is 2.19. The van der Waals surface area contributed by atoms with Crippen molar-refractivity contribution in [1.82, 2.24) is 15.2 Å². The number of anilines is 3. The van der Waals surface area contributed by atoms with E-state index in [1.54, 1.807) is 6.20 Å². The fourth-order valence-corrected chi connectivity index (χ4v) is 3.37. The molecule has 0 saturated carbocycles. The van der Waals surface area contributed by atoms with E-state index in [2.05, 4.69) is 60.6 Å². The zero-order valence-corrected chi connectivity index (χ0v) is 14.3. The number of nitrogens with zero attached hydrogens (tertiary/aromatic N) is 5. The Bertz CT molecular complexity index is 668. The number of hydrogen-bond donors (Lipinski definition) is 1. The van der Waals surface area contributed by atoms with Crippen molar-refractivity contribution in [2.45, 2.75) is 18.9 Å². The first kappa shape index (κ1) is 16.1. The van der Waals surface area contributed by atoms with Crippen LogP contribution in [0.1, 0.15) is 12.8 Å². The highest BCUT2D eigenvalue weighted by atomic mass is 16.5. The summed E-state index contributed by atoms with van der Waals surface area (Å²) < 4.78 is 5.62. The number of nitrogens with one attached hydrogen (secondary N) is 1. The van der Waals surface area contributed by atoms with E-state index >= 15 is 0 Å². The number of aromatic nitrogens is 3. The van der Waals surface area contributed by atoms with Gasteiger partial charge in [-0.2, -0.15) is 10.1 Å². The van der Waals surface area contributed by atoms with Crippen molar-refractivity contribution in [3.05, 3.63) is 36.5 Å². The van der Waals surface area contributed by atoms with Gasteiger partial charge in [-0.3, -0.25) is 0 Å². The van der Waals surface area contributed by atoms with Gasteiger partial charge in [-0.25, -0.2) is 0 Å². The van der Waals surface area contributed by atoms with Gasteiger partial charge in [0.25, 0.3) is 0 Å². The van der Waals surface area contributed by atoms with Crippen molar-refractivity contribution < 1.29 is 4.74 Å². The van der Waals surface area contributed by atoms with Gasteiger partial charge in [0.15, 0.2) is 5.82 Å². The molecule has 0 radical (unpaired) electrons. The van der Waals surface area contributed by atoms with E-state index in [9.17, 15) is 0 Å². The fraction of sp³-hybridized carbons (Fsp3) is 0.500. The number of hydrogen-bond acceptors (Lipinski definition) is 7. The minimum Gasteiger partial charge on any atom is -0.376 e. The molecule has 4 rings (SSSR count). The van der Waals surface area contributed by atoms with E-state index in [0.717, 1.165) is 58.0 Å². The van der Waals surface area contributed by atoms with E-state index < -0.39 is 0 Å². The van der Waals surface area contributed by atoms with E-state index in [0.29, 0.717) is 5.95 Å². The summed E-state index contributed by atoms with van der Waals surface area (Å²) in [6.45, 7) is 5.42. The van der Waals surface area contributed by atoms with E-state index in [1.807, 2.05) is 0 Å². The van der Waals surface area contributed by atoms with Gasteiger partial charge in [-0.15, -0.1) is 5.10 Å². The first-order chi connectivity index (χ1) is 12.4. The molecule has 2 aliphatic heterocycles. The highest BCUT2D eigenvalue weighted by molar-refractivity contribution is 5.49. The first-order valence-electron chi connectivity index (χ1n) is 8.98. The van der Waals surface area contributed by atoms with Crippen molar-refractivity contribution in [3.63, 3.8) is 0 Å². The lowest BCUT2D eigenvalue weighted by atomic mass is 10.2. The van der Waals surface area contributed by atoms with E-state index in [1.165, 1.54) is 5.69 Å². The number of para-hydroxylation sites is 1. The van der Waals surface area contributed by atoms with Crippen molar-refractivity contribution in [2.24, 2.45) is 0 Å². The summed E-state index contributed by atoms with van der Waals surface area (Å²) in [7, 11) is 0. The average Bonchev–Trinajstić information content (AvgIpc) is 3.21. The van der Waals surface area contributed by atoms with Crippen LogP contribution in [0.2, 0.25) is 0 Å². The molecule has 0 spiro atoms. The molecule has 1 aromatic heterocycles. The Morgan fingerprint density at radius 3 is 2.64 bits per heavy atom. The second-order valence-corrected chi connectivity index (χ2v) is 6.46. The second-order valence-electron chi connectivity index (χ2n) is 6.46. The molecular formula is C18H24N6O. The maximum absolute atomic E-state index is 5.62. The highest BCUT2D eigenvalue weighted by Gasteiger charge is 2.20. The number of rotatable bonds is 5. The molecule has 2 aliphatic rings. The van der Waals surface area contributed by atoms with Crippen LogP contribution in [0.25, 0.3) is 0 Å². The summed E-state index contributed by atoms with van der Waals surface area (Å²) >= 11 is 0. The molecule has 2 saturated heterocycles. The maximum Gasteiger partial charge on any atom is 0.244 e. The van der Waals surface area contributed by atoms with Crippen LogP contribution in [0.4, 0.5) is 17.5 Å². The van der Waals surface area contributed by atoms with Crippen LogP contribution in [0, 0.1) is 0 Å². The van der Waals surface area contributed by atoms with E-state index in [-0.39, 0.29) is 6.10 Å².